The van der Waals surface area contributed by atoms with E-state index >= 15 is 0 Å². The first-order valence-corrected chi connectivity index (χ1v) is 6.93. The van der Waals surface area contributed by atoms with Gasteiger partial charge < -0.3 is 10.6 Å². The van der Waals surface area contributed by atoms with E-state index in [2.05, 4.69) is 23.6 Å². The lowest BCUT2D eigenvalue weighted by Crippen LogP contribution is -2.42. The lowest BCUT2D eigenvalue weighted by atomic mass is 10.1. The van der Waals surface area contributed by atoms with Crippen LogP contribution < -0.4 is 10.6 Å². The van der Waals surface area contributed by atoms with E-state index in [1.807, 2.05) is 6.92 Å². The number of nitrogens with one attached hydrogen (secondary N) is 2. The van der Waals surface area contributed by atoms with Crippen molar-refractivity contribution in [1.82, 2.24) is 10.6 Å². The van der Waals surface area contributed by atoms with Crippen LogP contribution in [-0.4, -0.2) is 25.0 Å². The number of unbranched alkanes of at least 4 members (excludes halogenated alkanes) is 1. The van der Waals surface area contributed by atoms with Gasteiger partial charge in [-0.25, -0.2) is 0 Å². The predicted molar refractivity (Wildman–Crippen MR) is 71.9 cm³/mol. The Morgan fingerprint density at radius 3 is 2.94 bits per heavy atom. The number of carbonyl (C=O) groups is 1. The van der Waals surface area contributed by atoms with Crippen LogP contribution in [0, 0.1) is 0 Å². The van der Waals surface area contributed by atoms with Crippen LogP contribution in [-0.2, 0) is 4.79 Å². The van der Waals surface area contributed by atoms with E-state index in [4.69, 9.17) is 0 Å². The van der Waals surface area contributed by atoms with Crippen LogP contribution in [0.3, 0.4) is 0 Å². The largest absolute Gasteiger partial charge is 0.355 e. The molecule has 17 heavy (non-hydrogen) atoms. The van der Waals surface area contributed by atoms with Gasteiger partial charge in [0.15, 0.2) is 0 Å². The highest BCUT2D eigenvalue weighted by Gasteiger charge is 2.11. The van der Waals surface area contributed by atoms with Gasteiger partial charge in [-0.2, -0.15) is 0 Å². The van der Waals surface area contributed by atoms with E-state index in [-0.39, 0.29) is 11.9 Å². The maximum Gasteiger partial charge on any atom is 0.236 e. The Hall–Kier alpha value is -0.830. The first-order valence-electron chi connectivity index (χ1n) is 6.93. The third-order valence-corrected chi connectivity index (χ3v) is 3.25. The number of allylic oxidation sites excluding steroid dienone is 1. The molecule has 0 bridgehead atoms. The van der Waals surface area contributed by atoms with Crippen LogP contribution in [0.5, 0.6) is 0 Å². The molecule has 1 aliphatic carbocycles. The smallest absolute Gasteiger partial charge is 0.236 e. The van der Waals surface area contributed by atoms with Crippen molar-refractivity contribution in [3.8, 4) is 0 Å². The van der Waals surface area contributed by atoms with Crippen LogP contribution >= 0.6 is 0 Å². The second kappa shape index (κ2) is 8.29. The Balaban J connectivity index is 2.06. The maximum absolute atomic E-state index is 11.7. The summed E-state index contributed by atoms with van der Waals surface area (Å²) in [4.78, 5) is 11.7. The molecule has 0 spiro atoms. The molecule has 0 aromatic heterocycles. The monoisotopic (exact) mass is 238 g/mol. The van der Waals surface area contributed by atoms with Crippen molar-refractivity contribution in [2.24, 2.45) is 0 Å². The fourth-order valence-electron chi connectivity index (χ4n) is 2.05. The second-order valence-electron chi connectivity index (χ2n) is 4.82. The van der Waals surface area contributed by atoms with Crippen LogP contribution in [0.1, 0.15) is 52.4 Å². The highest BCUT2D eigenvalue weighted by Crippen LogP contribution is 2.19. The standard InChI is InChI=1S/C14H26N2O/c1-3-4-10-16-14(17)12(2)15-11-9-13-7-5-6-8-13/h7,12,15H,3-6,8-11H2,1-2H3,(H,16,17). The predicted octanol–water partition coefficient (Wildman–Crippen LogP) is 2.38. The summed E-state index contributed by atoms with van der Waals surface area (Å²) < 4.78 is 0. The molecular formula is C14H26N2O. The van der Waals surface area contributed by atoms with Crippen molar-refractivity contribution in [3.63, 3.8) is 0 Å². The molecule has 3 heteroatoms. The molecule has 1 aliphatic rings. The molecule has 2 N–H and O–H groups in total. The van der Waals surface area contributed by atoms with Crippen LogP contribution in [0.2, 0.25) is 0 Å². The molecule has 0 aliphatic heterocycles. The van der Waals surface area contributed by atoms with E-state index in [0.29, 0.717) is 0 Å². The summed E-state index contributed by atoms with van der Waals surface area (Å²) >= 11 is 0. The zero-order valence-electron chi connectivity index (χ0n) is 11.2. The Bertz CT molecular complexity index is 261. The van der Waals surface area contributed by atoms with Gasteiger partial charge in [0.25, 0.3) is 0 Å². The van der Waals surface area contributed by atoms with Gasteiger partial charge in [0.2, 0.25) is 5.91 Å². The molecule has 0 fully saturated rings. The van der Waals surface area contributed by atoms with Gasteiger partial charge in [-0.15, -0.1) is 0 Å². The first kappa shape index (κ1) is 14.2. The topological polar surface area (TPSA) is 41.1 Å². The molecule has 98 valence electrons. The van der Waals surface area contributed by atoms with Crippen LogP contribution in [0.15, 0.2) is 11.6 Å². The van der Waals surface area contributed by atoms with Gasteiger partial charge in [0.05, 0.1) is 6.04 Å². The molecule has 1 unspecified atom stereocenters. The highest BCUT2D eigenvalue weighted by atomic mass is 16.2. The number of hydrogen-bond acceptors (Lipinski definition) is 2. The fraction of sp³-hybridized carbons (Fsp3) is 0.786. The van der Waals surface area contributed by atoms with Crippen molar-refractivity contribution < 1.29 is 4.79 Å². The molecule has 1 atom stereocenters. The van der Waals surface area contributed by atoms with Crippen molar-refractivity contribution in [3.05, 3.63) is 11.6 Å². The van der Waals surface area contributed by atoms with Crippen molar-refractivity contribution in [1.29, 1.82) is 0 Å². The molecule has 0 saturated heterocycles. The fourth-order valence-corrected chi connectivity index (χ4v) is 2.05. The van der Waals surface area contributed by atoms with Gasteiger partial charge in [0.1, 0.15) is 0 Å². The third kappa shape index (κ3) is 5.87. The maximum atomic E-state index is 11.7. The number of amides is 1. The van der Waals surface area contributed by atoms with Crippen LogP contribution in [0.4, 0.5) is 0 Å². The molecule has 0 heterocycles. The summed E-state index contributed by atoms with van der Waals surface area (Å²) in [6.07, 6.45) is 9.41. The first-order chi connectivity index (χ1) is 8.24. The van der Waals surface area contributed by atoms with E-state index in [1.165, 1.54) is 19.3 Å². The molecule has 1 rings (SSSR count). The van der Waals surface area contributed by atoms with Gasteiger partial charge >= 0.3 is 0 Å². The summed E-state index contributed by atoms with van der Waals surface area (Å²) in [5.74, 6) is 0.124. The van der Waals surface area contributed by atoms with Crippen LogP contribution in [0.25, 0.3) is 0 Å². The minimum absolute atomic E-state index is 0.0751. The van der Waals surface area contributed by atoms with Gasteiger partial charge in [-0.05, 0) is 45.6 Å². The molecule has 0 aromatic rings. The number of hydrogen-bond donors (Lipinski definition) is 2. The van der Waals surface area contributed by atoms with Gasteiger partial charge in [-0.3, -0.25) is 4.79 Å². The second-order valence-corrected chi connectivity index (χ2v) is 4.82. The highest BCUT2D eigenvalue weighted by molar-refractivity contribution is 5.81. The SMILES string of the molecule is CCCCNC(=O)C(C)NCCC1=CCCC1. The number of rotatable bonds is 8. The van der Waals surface area contributed by atoms with E-state index in [1.54, 1.807) is 5.57 Å². The molecule has 0 saturated carbocycles. The van der Waals surface area contributed by atoms with E-state index in [9.17, 15) is 4.79 Å². The van der Waals surface area contributed by atoms with Gasteiger partial charge in [-0.1, -0.05) is 25.0 Å². The molecule has 1 amide bonds. The third-order valence-electron chi connectivity index (χ3n) is 3.25. The summed E-state index contributed by atoms with van der Waals surface area (Å²) in [7, 11) is 0. The summed E-state index contributed by atoms with van der Waals surface area (Å²) in [5, 5.41) is 6.23. The minimum Gasteiger partial charge on any atom is -0.355 e. The van der Waals surface area contributed by atoms with Gasteiger partial charge in [0, 0.05) is 6.54 Å². The number of carbonyl (C=O) groups excluding carboxylic acids is 1. The zero-order chi connectivity index (χ0) is 12.5. The Labute approximate surface area is 105 Å². The van der Waals surface area contributed by atoms with Crippen molar-refractivity contribution in [2.75, 3.05) is 13.1 Å². The lowest BCUT2D eigenvalue weighted by Gasteiger charge is -2.14. The summed E-state index contributed by atoms with van der Waals surface area (Å²) in [5.41, 5.74) is 1.55. The molecular weight excluding hydrogens is 212 g/mol. The zero-order valence-corrected chi connectivity index (χ0v) is 11.2. The average Bonchev–Trinajstić information content (AvgIpc) is 2.82. The van der Waals surface area contributed by atoms with E-state index < -0.39 is 0 Å². The Morgan fingerprint density at radius 2 is 2.29 bits per heavy atom. The summed E-state index contributed by atoms with van der Waals surface area (Å²) in [6, 6.07) is -0.0751. The molecule has 3 nitrogen and oxygen atoms in total. The molecule has 0 radical (unpaired) electrons. The van der Waals surface area contributed by atoms with Crippen molar-refractivity contribution >= 4 is 5.91 Å². The Morgan fingerprint density at radius 1 is 1.47 bits per heavy atom. The van der Waals surface area contributed by atoms with E-state index in [0.717, 1.165) is 32.4 Å². The Kier molecular flexibility index (Phi) is 6.94. The lowest BCUT2D eigenvalue weighted by molar-refractivity contribution is -0.122. The minimum atomic E-state index is -0.0751. The average molecular weight is 238 g/mol. The summed E-state index contributed by atoms with van der Waals surface area (Å²) in [6.45, 7) is 5.77. The quantitative estimate of drug-likeness (QED) is 0.503. The normalized spacial score (nSPS) is 16.7. The molecule has 0 aromatic carbocycles. The van der Waals surface area contributed by atoms with Crippen molar-refractivity contribution in [2.45, 2.75) is 58.4 Å².